The number of hydrogen-bond donors (Lipinski definition) is 0. The highest BCUT2D eigenvalue weighted by Gasteiger charge is 2.44. The highest BCUT2D eigenvalue weighted by molar-refractivity contribution is 5.85. The van der Waals surface area contributed by atoms with E-state index >= 15 is 0 Å². The van der Waals surface area contributed by atoms with Gasteiger partial charge < -0.3 is 9.80 Å². The van der Waals surface area contributed by atoms with Gasteiger partial charge in [-0.05, 0) is 199 Å². The van der Waals surface area contributed by atoms with Crippen LogP contribution in [0.5, 0.6) is 0 Å². The lowest BCUT2D eigenvalue weighted by molar-refractivity contribution is 0.502. The van der Waals surface area contributed by atoms with Gasteiger partial charge in [0.1, 0.15) is 0 Å². The number of anilines is 2. The topological polar surface area (TPSA) is 6.48 Å². The summed E-state index contributed by atoms with van der Waals surface area (Å²) in [5.41, 5.74) is 25.0. The predicted octanol–water partition coefficient (Wildman–Crippen LogP) is 14.8. The minimum Gasteiger partial charge on any atom is -0.337 e. The second kappa shape index (κ2) is 13.9. The van der Waals surface area contributed by atoms with E-state index in [2.05, 4.69) is 151 Å². The maximum atomic E-state index is 2.75. The van der Waals surface area contributed by atoms with E-state index in [4.69, 9.17) is 0 Å². The third kappa shape index (κ3) is 5.65. The molecule has 0 saturated carbocycles. The summed E-state index contributed by atoms with van der Waals surface area (Å²) >= 11 is 0. The molecule has 0 amide bonds. The first kappa shape index (κ1) is 35.6. The third-order valence-electron chi connectivity index (χ3n) is 15.4. The summed E-state index contributed by atoms with van der Waals surface area (Å²) < 4.78 is 0. The largest absolute Gasteiger partial charge is 0.337 e. The summed E-state index contributed by atoms with van der Waals surface area (Å²) in [5.74, 6) is 0.905. The lowest BCUT2D eigenvalue weighted by Crippen LogP contribution is -2.35. The molecule has 0 bridgehead atoms. The van der Waals surface area contributed by atoms with Crippen LogP contribution in [0.2, 0.25) is 0 Å². The first-order valence-corrected chi connectivity index (χ1v) is 23.0. The average molecular weight is 769 g/mol. The summed E-state index contributed by atoms with van der Waals surface area (Å²) in [7, 11) is 0. The standard InChI is InChI=1S/C57H56N2/c1-57(2)51-22-12-9-19-45(51)48-36-43(27-28-52(48)57)58-53-23-13-10-20-46(53)49-34-39(25-29-55(49)58)40-26-30-56-50(35-40)47-21-11-14-24-54(47)59(56)44-32-41(37-15-5-3-6-16-37)31-42(33-44)38-17-7-4-8-18-38/h5,9,12-17,19,22-24,26-28,30-34,36,49-50,55H,3-4,6-8,10-11,18,20-21,25,29,35H2,1-2H3. The number of fused-ring (bicyclic) bond motifs is 7. The van der Waals surface area contributed by atoms with Gasteiger partial charge in [-0.1, -0.05) is 92.8 Å². The number of nitrogens with zero attached hydrogens (tertiary/aromatic N) is 2. The monoisotopic (exact) mass is 768 g/mol. The Morgan fingerprint density at radius 2 is 1.44 bits per heavy atom. The van der Waals surface area contributed by atoms with Gasteiger partial charge in [0.05, 0.1) is 0 Å². The van der Waals surface area contributed by atoms with Crippen LogP contribution in [0.3, 0.4) is 0 Å². The molecule has 59 heavy (non-hydrogen) atoms. The van der Waals surface area contributed by atoms with Gasteiger partial charge in [0.25, 0.3) is 0 Å². The Labute approximate surface area is 351 Å². The van der Waals surface area contributed by atoms with Crippen LogP contribution in [0.4, 0.5) is 11.4 Å². The lowest BCUT2D eigenvalue weighted by Gasteiger charge is -2.36. The van der Waals surface area contributed by atoms with Crippen molar-refractivity contribution in [1.82, 2.24) is 0 Å². The van der Waals surface area contributed by atoms with Crippen LogP contribution in [-0.4, -0.2) is 6.04 Å². The van der Waals surface area contributed by atoms with Crippen molar-refractivity contribution in [3.8, 4) is 11.1 Å². The molecule has 3 atom stereocenters. The molecule has 0 saturated heterocycles. The number of allylic oxidation sites excluding steroid dienone is 15. The molecule has 9 aliphatic rings. The fourth-order valence-electron chi connectivity index (χ4n) is 12.5. The van der Waals surface area contributed by atoms with Gasteiger partial charge in [0, 0.05) is 51.8 Å². The Hall–Kier alpha value is -5.34. The van der Waals surface area contributed by atoms with E-state index in [9.17, 15) is 0 Å². The van der Waals surface area contributed by atoms with Gasteiger partial charge in [-0.3, -0.25) is 0 Å². The van der Waals surface area contributed by atoms with Gasteiger partial charge >= 0.3 is 0 Å². The Bertz CT molecular complexity index is 2640. The van der Waals surface area contributed by atoms with Crippen molar-refractivity contribution >= 4 is 22.5 Å². The molecule has 3 aromatic rings. The Kier molecular flexibility index (Phi) is 8.37. The van der Waals surface area contributed by atoms with Crippen LogP contribution in [-0.2, 0) is 5.41 Å². The van der Waals surface area contributed by atoms with E-state index in [-0.39, 0.29) is 5.41 Å². The average Bonchev–Trinajstić information content (AvgIpc) is 3.89. The minimum absolute atomic E-state index is 0.0306. The first-order chi connectivity index (χ1) is 29.0. The zero-order chi connectivity index (χ0) is 39.2. The summed E-state index contributed by atoms with van der Waals surface area (Å²) in [6.45, 7) is 4.78. The fraction of sp³-hybridized carbons (Fsp3) is 0.333. The molecule has 2 heterocycles. The molecule has 0 radical (unpaired) electrons. The zero-order valence-corrected chi connectivity index (χ0v) is 34.9. The third-order valence-corrected chi connectivity index (χ3v) is 15.4. The molecule has 3 aromatic carbocycles. The van der Waals surface area contributed by atoms with Crippen LogP contribution in [0, 0.1) is 11.8 Å². The summed E-state index contributed by atoms with van der Waals surface area (Å²) in [6, 6.07) is 24.4. The van der Waals surface area contributed by atoms with E-state index in [0.29, 0.717) is 17.9 Å². The predicted molar refractivity (Wildman–Crippen MR) is 248 cm³/mol. The maximum absolute atomic E-state index is 2.75. The molecule has 294 valence electrons. The zero-order valence-electron chi connectivity index (χ0n) is 34.9. The van der Waals surface area contributed by atoms with Crippen LogP contribution >= 0.6 is 0 Å². The van der Waals surface area contributed by atoms with Crippen LogP contribution in [0.1, 0.15) is 120 Å². The number of rotatable bonds is 5. The molecule has 2 heteroatoms. The highest BCUT2D eigenvalue weighted by Crippen LogP contribution is 2.55. The first-order valence-electron chi connectivity index (χ1n) is 23.0. The molecule has 0 aromatic heterocycles. The Morgan fingerprint density at radius 1 is 0.610 bits per heavy atom. The SMILES string of the molecule is CC1(C)c2ccccc2-c2cc(N3C4=C(CCC=C4)C4C=C(C5=CC=C6C(C5)C5=C(C=CCC5)N6c5cc(C6=CCCC=C6)cc(C6=CCCCC6)c5)CCC43)ccc21. The number of hydrogen-bond acceptors (Lipinski definition) is 2. The second-order valence-electron chi connectivity index (χ2n) is 19.1. The molecule has 12 rings (SSSR count). The van der Waals surface area contributed by atoms with Crippen molar-refractivity contribution in [3.63, 3.8) is 0 Å². The van der Waals surface area contributed by atoms with E-state index in [0.717, 1.165) is 44.9 Å². The second-order valence-corrected chi connectivity index (χ2v) is 19.1. The Morgan fingerprint density at radius 3 is 2.31 bits per heavy atom. The van der Waals surface area contributed by atoms with Gasteiger partial charge in [0.2, 0.25) is 0 Å². The van der Waals surface area contributed by atoms with Crippen molar-refractivity contribution < 1.29 is 0 Å². The van der Waals surface area contributed by atoms with Crippen molar-refractivity contribution in [2.75, 3.05) is 9.80 Å². The van der Waals surface area contributed by atoms with Crippen molar-refractivity contribution in [3.05, 3.63) is 189 Å². The van der Waals surface area contributed by atoms with Gasteiger partial charge in [-0.15, -0.1) is 0 Å². The maximum Gasteiger partial charge on any atom is 0.0470 e. The van der Waals surface area contributed by atoms with Crippen LogP contribution < -0.4 is 9.80 Å². The van der Waals surface area contributed by atoms with Crippen molar-refractivity contribution in [1.29, 1.82) is 0 Å². The summed E-state index contributed by atoms with van der Waals surface area (Å²) in [6.07, 6.45) is 42.5. The van der Waals surface area contributed by atoms with E-state index in [1.165, 1.54) is 112 Å². The van der Waals surface area contributed by atoms with E-state index < -0.39 is 0 Å². The molecule has 0 spiro atoms. The molecule has 3 unspecified atom stereocenters. The molecule has 2 aliphatic heterocycles. The fourth-order valence-corrected chi connectivity index (χ4v) is 12.5. The molecule has 0 fully saturated rings. The highest BCUT2D eigenvalue weighted by atomic mass is 15.2. The number of benzene rings is 3. The molecule has 0 N–H and O–H groups in total. The van der Waals surface area contributed by atoms with Crippen LogP contribution in [0.15, 0.2) is 167 Å². The van der Waals surface area contributed by atoms with Gasteiger partial charge in [-0.25, -0.2) is 0 Å². The Balaban J connectivity index is 0.898. The minimum atomic E-state index is 0.0306. The lowest BCUT2D eigenvalue weighted by atomic mass is 9.75. The summed E-state index contributed by atoms with van der Waals surface area (Å²) in [5, 5.41) is 0. The molecule has 7 aliphatic carbocycles. The van der Waals surface area contributed by atoms with Crippen molar-refractivity contribution in [2.24, 2.45) is 11.8 Å². The van der Waals surface area contributed by atoms with Gasteiger partial charge in [-0.2, -0.15) is 0 Å². The van der Waals surface area contributed by atoms with Crippen molar-refractivity contribution in [2.45, 2.75) is 109 Å². The molecular formula is C57H56N2. The van der Waals surface area contributed by atoms with Gasteiger partial charge in [0.15, 0.2) is 0 Å². The molecular weight excluding hydrogens is 713 g/mol. The smallest absolute Gasteiger partial charge is 0.0470 e. The normalized spacial score (nSPS) is 26.0. The van der Waals surface area contributed by atoms with E-state index in [1.54, 1.807) is 22.3 Å². The summed E-state index contributed by atoms with van der Waals surface area (Å²) in [4.78, 5) is 5.41. The molecule has 2 nitrogen and oxygen atoms in total. The van der Waals surface area contributed by atoms with Crippen LogP contribution in [0.25, 0.3) is 22.3 Å². The van der Waals surface area contributed by atoms with E-state index in [1.807, 2.05) is 0 Å². The quantitative estimate of drug-likeness (QED) is 0.255.